The van der Waals surface area contributed by atoms with Crippen LogP contribution in [0.15, 0.2) is 30.3 Å². The van der Waals surface area contributed by atoms with E-state index in [1.54, 1.807) is 9.58 Å². The van der Waals surface area contributed by atoms with Crippen LogP contribution < -0.4 is 5.32 Å². The molecule has 0 aliphatic carbocycles. The van der Waals surface area contributed by atoms with Gasteiger partial charge >= 0.3 is 6.03 Å². The highest BCUT2D eigenvalue weighted by atomic mass is 16.3. The molecule has 1 aliphatic rings. The monoisotopic (exact) mass is 315 g/mol. The number of para-hydroxylation sites is 1. The molecule has 7 heteroatoms. The van der Waals surface area contributed by atoms with Crippen LogP contribution in [0.1, 0.15) is 19.2 Å². The molecule has 2 heterocycles. The Balaban J connectivity index is 1.75. The van der Waals surface area contributed by atoms with E-state index < -0.39 is 0 Å². The van der Waals surface area contributed by atoms with E-state index in [1.165, 1.54) is 0 Å². The van der Waals surface area contributed by atoms with E-state index in [2.05, 4.69) is 15.4 Å². The molecule has 1 saturated heterocycles. The molecule has 1 aromatic heterocycles. The highest BCUT2D eigenvalue weighted by Crippen LogP contribution is 2.24. The number of aromatic nitrogens is 3. The first kappa shape index (κ1) is 15.5. The van der Waals surface area contributed by atoms with E-state index in [0.717, 1.165) is 12.1 Å². The molecule has 1 aromatic carbocycles. The van der Waals surface area contributed by atoms with Crippen LogP contribution in [0.2, 0.25) is 0 Å². The molecule has 0 radical (unpaired) electrons. The third-order valence-electron chi connectivity index (χ3n) is 4.32. The second-order valence-corrected chi connectivity index (χ2v) is 5.87. The molecule has 2 N–H and O–H groups in total. The van der Waals surface area contributed by atoms with Crippen molar-refractivity contribution in [1.29, 1.82) is 0 Å². The lowest BCUT2D eigenvalue weighted by Gasteiger charge is -2.24. The minimum atomic E-state index is -0.265. The number of aryl methyl sites for hydroxylation is 1. The van der Waals surface area contributed by atoms with Crippen LogP contribution in [-0.2, 0) is 0 Å². The number of nitrogens with one attached hydrogen (secondary N) is 1. The minimum Gasteiger partial charge on any atom is -0.394 e. The summed E-state index contributed by atoms with van der Waals surface area (Å²) in [7, 11) is 0. The van der Waals surface area contributed by atoms with Gasteiger partial charge in [-0.3, -0.25) is 5.32 Å². The van der Waals surface area contributed by atoms with Gasteiger partial charge in [-0.15, -0.1) is 5.10 Å². The second-order valence-electron chi connectivity index (χ2n) is 5.87. The zero-order valence-corrected chi connectivity index (χ0v) is 13.3. The van der Waals surface area contributed by atoms with Crippen LogP contribution >= 0.6 is 0 Å². The third kappa shape index (κ3) is 3.05. The predicted octanol–water partition coefficient (Wildman–Crippen LogP) is 1.81. The van der Waals surface area contributed by atoms with Crippen LogP contribution in [0.5, 0.6) is 0 Å². The fraction of sp³-hybridized carbons (Fsp3) is 0.438. The number of aliphatic hydroxyl groups excluding tert-OH is 1. The van der Waals surface area contributed by atoms with Crippen LogP contribution in [0.3, 0.4) is 0 Å². The van der Waals surface area contributed by atoms with Crippen molar-refractivity contribution in [1.82, 2.24) is 19.7 Å². The number of aliphatic hydroxyl groups is 1. The topological polar surface area (TPSA) is 83.3 Å². The first-order valence-corrected chi connectivity index (χ1v) is 7.77. The van der Waals surface area contributed by atoms with Crippen molar-refractivity contribution in [2.24, 2.45) is 5.92 Å². The zero-order valence-electron chi connectivity index (χ0n) is 13.3. The van der Waals surface area contributed by atoms with Crippen molar-refractivity contribution < 1.29 is 9.90 Å². The molecule has 2 aromatic rings. The number of hydrogen-bond acceptors (Lipinski definition) is 4. The minimum absolute atomic E-state index is 0.0283. The van der Waals surface area contributed by atoms with Crippen molar-refractivity contribution in [2.45, 2.75) is 26.3 Å². The van der Waals surface area contributed by atoms with Gasteiger partial charge in [-0.25, -0.2) is 9.48 Å². The molecular formula is C16H21N5O2. The Kier molecular flexibility index (Phi) is 4.29. The van der Waals surface area contributed by atoms with Gasteiger partial charge in [0.05, 0.1) is 18.3 Å². The number of amides is 2. The molecule has 0 bridgehead atoms. The summed E-state index contributed by atoms with van der Waals surface area (Å²) in [4.78, 5) is 18.4. The molecular weight excluding hydrogens is 294 g/mol. The number of urea groups is 1. The van der Waals surface area contributed by atoms with E-state index in [1.807, 2.05) is 44.2 Å². The largest absolute Gasteiger partial charge is 0.394 e. The van der Waals surface area contributed by atoms with Gasteiger partial charge in [0.25, 0.3) is 5.95 Å². The summed E-state index contributed by atoms with van der Waals surface area (Å²) < 4.78 is 1.69. The van der Waals surface area contributed by atoms with Gasteiger partial charge in [-0.05, 0) is 31.4 Å². The van der Waals surface area contributed by atoms with Crippen molar-refractivity contribution in [3.8, 4) is 5.69 Å². The lowest BCUT2D eigenvalue weighted by atomic mass is 10.0. The number of benzene rings is 1. The van der Waals surface area contributed by atoms with Crippen LogP contribution in [-0.4, -0.2) is 50.0 Å². The molecule has 23 heavy (non-hydrogen) atoms. The summed E-state index contributed by atoms with van der Waals surface area (Å²) in [6.45, 7) is 4.49. The Hall–Kier alpha value is -2.41. The molecule has 0 spiro atoms. The lowest BCUT2D eigenvalue weighted by Crippen LogP contribution is -2.42. The summed E-state index contributed by atoms with van der Waals surface area (Å²) in [5.41, 5.74) is 0.890. The zero-order chi connectivity index (χ0) is 16.4. The average molecular weight is 315 g/mol. The fourth-order valence-electron chi connectivity index (χ4n) is 2.96. The van der Waals surface area contributed by atoms with Gasteiger partial charge in [-0.1, -0.05) is 25.1 Å². The fourth-order valence-corrected chi connectivity index (χ4v) is 2.96. The Morgan fingerprint density at radius 2 is 2.13 bits per heavy atom. The second kappa shape index (κ2) is 6.37. The van der Waals surface area contributed by atoms with Gasteiger partial charge in [-0.2, -0.15) is 4.98 Å². The number of carbonyl (C=O) groups is 1. The number of carbonyl (C=O) groups excluding carboxylic acids is 1. The van der Waals surface area contributed by atoms with Crippen LogP contribution in [0, 0.1) is 12.8 Å². The standard InChI is InChI=1S/C16H21N5O2/c1-11-8-9-20(14(11)10-22)16(23)18-15-17-12(2)21(19-15)13-6-4-3-5-7-13/h3-7,11,14,22H,8-10H2,1-2H3,(H,18,19,23). The smallest absolute Gasteiger partial charge is 0.324 e. The molecule has 7 nitrogen and oxygen atoms in total. The highest BCUT2D eigenvalue weighted by molar-refractivity contribution is 5.87. The van der Waals surface area contributed by atoms with Gasteiger partial charge < -0.3 is 10.0 Å². The van der Waals surface area contributed by atoms with E-state index in [-0.39, 0.29) is 24.6 Å². The summed E-state index contributed by atoms with van der Waals surface area (Å²) in [5, 5.41) is 16.5. The first-order chi connectivity index (χ1) is 11.1. The van der Waals surface area contributed by atoms with E-state index >= 15 is 0 Å². The summed E-state index contributed by atoms with van der Waals surface area (Å²) >= 11 is 0. The molecule has 2 amide bonds. The maximum absolute atomic E-state index is 12.4. The maximum Gasteiger partial charge on any atom is 0.324 e. The molecule has 2 unspecified atom stereocenters. The van der Waals surface area contributed by atoms with Crippen molar-refractivity contribution in [2.75, 3.05) is 18.5 Å². The average Bonchev–Trinajstić information content (AvgIpc) is 3.10. The third-order valence-corrected chi connectivity index (χ3v) is 4.32. The van der Waals surface area contributed by atoms with Crippen molar-refractivity contribution in [3.63, 3.8) is 0 Å². The van der Waals surface area contributed by atoms with Crippen molar-refractivity contribution >= 4 is 12.0 Å². The normalized spacial score (nSPS) is 20.7. The van der Waals surface area contributed by atoms with Gasteiger partial charge in [0, 0.05) is 6.54 Å². The number of nitrogens with zero attached hydrogens (tertiary/aromatic N) is 4. The number of rotatable bonds is 3. The van der Waals surface area contributed by atoms with Crippen LogP contribution in [0.4, 0.5) is 10.7 Å². The number of likely N-dealkylation sites (tertiary alicyclic amines) is 1. The number of anilines is 1. The van der Waals surface area contributed by atoms with Gasteiger partial charge in [0.2, 0.25) is 0 Å². The summed E-state index contributed by atoms with van der Waals surface area (Å²) in [6, 6.07) is 9.22. The molecule has 1 fully saturated rings. The van der Waals surface area contributed by atoms with E-state index in [0.29, 0.717) is 18.3 Å². The van der Waals surface area contributed by atoms with E-state index in [4.69, 9.17) is 0 Å². The predicted molar refractivity (Wildman–Crippen MR) is 86.5 cm³/mol. The quantitative estimate of drug-likeness (QED) is 0.905. The maximum atomic E-state index is 12.4. The molecule has 3 rings (SSSR count). The lowest BCUT2D eigenvalue weighted by molar-refractivity contribution is 0.152. The van der Waals surface area contributed by atoms with E-state index in [9.17, 15) is 9.90 Å². The molecule has 1 aliphatic heterocycles. The Labute approximate surface area is 134 Å². The van der Waals surface area contributed by atoms with Gasteiger partial charge in [0.15, 0.2) is 0 Å². The highest BCUT2D eigenvalue weighted by Gasteiger charge is 2.34. The first-order valence-electron chi connectivity index (χ1n) is 7.77. The Morgan fingerprint density at radius 1 is 1.39 bits per heavy atom. The molecule has 2 atom stereocenters. The van der Waals surface area contributed by atoms with Crippen molar-refractivity contribution in [3.05, 3.63) is 36.2 Å². The summed E-state index contributed by atoms with van der Waals surface area (Å²) in [6.07, 6.45) is 0.892. The van der Waals surface area contributed by atoms with Crippen LogP contribution in [0.25, 0.3) is 5.69 Å². The number of hydrogen-bond donors (Lipinski definition) is 2. The molecule has 0 saturated carbocycles. The Morgan fingerprint density at radius 3 is 2.83 bits per heavy atom. The summed E-state index contributed by atoms with van der Waals surface area (Å²) in [5.74, 6) is 1.26. The SMILES string of the molecule is Cc1nc(NC(=O)N2CCC(C)C2CO)nn1-c1ccccc1. The van der Waals surface area contributed by atoms with Gasteiger partial charge in [0.1, 0.15) is 5.82 Å². The molecule has 122 valence electrons. The Bertz CT molecular complexity index is 685.